The van der Waals surface area contributed by atoms with Gasteiger partial charge in [-0.2, -0.15) is 17.5 Å². The fourth-order valence-electron chi connectivity index (χ4n) is 3.52. The van der Waals surface area contributed by atoms with Crippen LogP contribution in [0.4, 0.5) is 23.2 Å². The van der Waals surface area contributed by atoms with Crippen molar-refractivity contribution in [2.24, 2.45) is 5.73 Å². The highest BCUT2D eigenvalue weighted by Crippen LogP contribution is 2.39. The van der Waals surface area contributed by atoms with E-state index in [0.717, 1.165) is 23.5 Å². The molecule has 3 rings (SSSR count). The van der Waals surface area contributed by atoms with Crippen molar-refractivity contribution in [2.75, 3.05) is 24.5 Å². The molecule has 3 unspecified atom stereocenters. The summed E-state index contributed by atoms with van der Waals surface area (Å²) in [6.45, 7) is 2.65. The SMILES string of the molecule is CC1CN(c2ccc(F)cc2C(F)(F)F)CCN1S(=O)(=O)c1ccc(C(C)(O)C(N)O)s1. The first-order valence-electron chi connectivity index (χ1n) is 9.55. The maximum Gasteiger partial charge on any atom is 0.418 e. The third kappa shape index (κ3) is 4.63. The van der Waals surface area contributed by atoms with E-state index in [1.807, 2.05) is 0 Å². The van der Waals surface area contributed by atoms with Crippen molar-refractivity contribution in [1.29, 1.82) is 0 Å². The first-order chi connectivity index (χ1) is 14.7. The Hall–Kier alpha value is -1.77. The zero-order chi connectivity index (χ0) is 24.1. The Kier molecular flexibility index (Phi) is 6.63. The summed E-state index contributed by atoms with van der Waals surface area (Å²) < 4.78 is 80.9. The van der Waals surface area contributed by atoms with Crippen LogP contribution in [0.5, 0.6) is 0 Å². The number of halogens is 4. The van der Waals surface area contributed by atoms with Crippen LogP contribution in [0.25, 0.3) is 0 Å². The van der Waals surface area contributed by atoms with Crippen LogP contribution in [0, 0.1) is 5.82 Å². The van der Waals surface area contributed by atoms with Gasteiger partial charge in [-0.1, -0.05) is 0 Å². The summed E-state index contributed by atoms with van der Waals surface area (Å²) >= 11 is 0.752. The molecule has 7 nitrogen and oxygen atoms in total. The lowest BCUT2D eigenvalue weighted by atomic mass is 10.0. The number of aliphatic hydroxyl groups is 2. The molecule has 1 aliphatic rings. The molecule has 1 fully saturated rings. The third-order valence-corrected chi connectivity index (χ3v) is 9.18. The number of benzene rings is 1. The quantitative estimate of drug-likeness (QED) is 0.432. The number of hydrogen-bond acceptors (Lipinski definition) is 7. The molecule has 2 aromatic rings. The molecule has 0 saturated carbocycles. The fourth-order valence-corrected chi connectivity index (χ4v) is 6.65. The monoisotopic (exact) mass is 497 g/mol. The van der Waals surface area contributed by atoms with Crippen LogP contribution in [0.3, 0.4) is 0 Å². The number of sulfonamides is 1. The summed E-state index contributed by atoms with van der Waals surface area (Å²) in [6.07, 6.45) is -6.39. The lowest BCUT2D eigenvalue weighted by Gasteiger charge is -2.40. The van der Waals surface area contributed by atoms with Gasteiger partial charge < -0.3 is 20.8 Å². The van der Waals surface area contributed by atoms with Gasteiger partial charge in [0.15, 0.2) is 0 Å². The summed E-state index contributed by atoms with van der Waals surface area (Å²) in [5, 5.41) is 19.8. The number of rotatable bonds is 5. The second-order valence-electron chi connectivity index (χ2n) is 7.78. The maximum absolute atomic E-state index is 13.4. The molecule has 0 bridgehead atoms. The van der Waals surface area contributed by atoms with Gasteiger partial charge in [-0.3, -0.25) is 0 Å². The first kappa shape index (κ1) is 24.9. The van der Waals surface area contributed by atoms with Crippen LogP contribution in [0.2, 0.25) is 0 Å². The largest absolute Gasteiger partial charge is 0.418 e. The summed E-state index contributed by atoms with van der Waals surface area (Å²) in [5.74, 6) is -1.01. The minimum Gasteiger partial charge on any atom is -0.380 e. The summed E-state index contributed by atoms with van der Waals surface area (Å²) in [5.41, 5.74) is 2.17. The number of thiophene rings is 1. The van der Waals surface area contributed by atoms with Gasteiger partial charge in [0, 0.05) is 36.2 Å². The van der Waals surface area contributed by atoms with Crippen LogP contribution in [-0.4, -0.2) is 54.8 Å². The molecule has 4 N–H and O–H groups in total. The zero-order valence-corrected chi connectivity index (χ0v) is 18.8. The van der Waals surface area contributed by atoms with Crippen molar-refractivity contribution in [1.82, 2.24) is 4.31 Å². The third-order valence-electron chi connectivity index (χ3n) is 5.39. The molecule has 0 radical (unpaired) electrons. The van der Waals surface area contributed by atoms with Crippen molar-refractivity contribution < 1.29 is 36.2 Å². The Morgan fingerprint density at radius 3 is 2.44 bits per heavy atom. The predicted octanol–water partition coefficient (Wildman–Crippen LogP) is 2.29. The van der Waals surface area contributed by atoms with E-state index in [4.69, 9.17) is 5.73 Å². The lowest BCUT2D eigenvalue weighted by molar-refractivity contribution is -0.137. The molecule has 2 heterocycles. The second-order valence-corrected chi connectivity index (χ2v) is 11.0. The van der Waals surface area contributed by atoms with Crippen molar-refractivity contribution in [3.63, 3.8) is 0 Å². The average Bonchev–Trinajstić information content (AvgIpc) is 3.18. The molecular formula is C19H23F4N3O4S2. The molecule has 32 heavy (non-hydrogen) atoms. The first-order valence-corrected chi connectivity index (χ1v) is 11.8. The molecular weight excluding hydrogens is 474 g/mol. The van der Waals surface area contributed by atoms with Crippen LogP contribution in [-0.2, 0) is 21.8 Å². The zero-order valence-electron chi connectivity index (χ0n) is 17.2. The molecule has 0 amide bonds. The minimum absolute atomic E-state index is 0.0320. The number of alkyl halides is 3. The molecule has 0 spiro atoms. The van der Waals surface area contributed by atoms with Crippen molar-refractivity contribution >= 4 is 27.0 Å². The normalized spacial score (nSPS) is 21.4. The molecule has 1 aliphatic heterocycles. The maximum atomic E-state index is 13.4. The molecule has 1 aromatic carbocycles. The Labute approximate surface area is 186 Å². The number of anilines is 1. The second kappa shape index (κ2) is 8.54. The van der Waals surface area contributed by atoms with Gasteiger partial charge in [0.05, 0.1) is 5.56 Å². The van der Waals surface area contributed by atoms with Crippen LogP contribution >= 0.6 is 11.3 Å². The number of piperazine rings is 1. The van der Waals surface area contributed by atoms with Crippen molar-refractivity contribution in [3.05, 3.63) is 46.6 Å². The number of hydrogen-bond donors (Lipinski definition) is 3. The van der Waals surface area contributed by atoms with E-state index in [1.54, 1.807) is 6.92 Å². The van der Waals surface area contributed by atoms with Crippen molar-refractivity contribution in [3.8, 4) is 0 Å². The van der Waals surface area contributed by atoms with Gasteiger partial charge in [-0.15, -0.1) is 11.3 Å². The predicted molar refractivity (Wildman–Crippen MR) is 111 cm³/mol. The van der Waals surface area contributed by atoms with Gasteiger partial charge in [0.25, 0.3) is 10.0 Å². The van der Waals surface area contributed by atoms with Crippen LogP contribution in [0.15, 0.2) is 34.5 Å². The molecule has 178 valence electrons. The lowest BCUT2D eigenvalue weighted by Crippen LogP contribution is -2.54. The number of nitrogens with two attached hydrogens (primary N) is 1. The highest BCUT2D eigenvalue weighted by Gasteiger charge is 2.40. The van der Waals surface area contributed by atoms with E-state index in [2.05, 4.69) is 0 Å². The minimum atomic E-state index is -4.76. The van der Waals surface area contributed by atoms with Crippen molar-refractivity contribution in [2.45, 2.75) is 42.1 Å². The topological polar surface area (TPSA) is 107 Å². The average molecular weight is 498 g/mol. The van der Waals surface area contributed by atoms with Crippen LogP contribution in [0.1, 0.15) is 24.3 Å². The van der Waals surface area contributed by atoms with E-state index < -0.39 is 45.5 Å². The smallest absolute Gasteiger partial charge is 0.380 e. The highest BCUT2D eigenvalue weighted by molar-refractivity contribution is 7.91. The Morgan fingerprint density at radius 2 is 1.88 bits per heavy atom. The van der Waals surface area contributed by atoms with Gasteiger partial charge in [0.1, 0.15) is 21.9 Å². The van der Waals surface area contributed by atoms with E-state index in [9.17, 15) is 36.2 Å². The summed E-state index contributed by atoms with van der Waals surface area (Å²) in [7, 11) is -4.02. The highest BCUT2D eigenvalue weighted by atomic mass is 32.2. The van der Waals surface area contributed by atoms with Gasteiger partial charge >= 0.3 is 6.18 Å². The molecule has 3 atom stereocenters. The molecule has 1 aromatic heterocycles. The van der Waals surface area contributed by atoms with Gasteiger partial charge in [0.2, 0.25) is 0 Å². The number of nitrogens with zero attached hydrogens (tertiary/aromatic N) is 2. The van der Waals surface area contributed by atoms with E-state index in [0.29, 0.717) is 6.07 Å². The number of aliphatic hydroxyl groups excluding tert-OH is 1. The van der Waals surface area contributed by atoms with E-state index in [-0.39, 0.29) is 34.4 Å². The summed E-state index contributed by atoms with van der Waals surface area (Å²) in [6, 6.07) is 4.35. The van der Waals surface area contributed by atoms with Gasteiger partial charge in [-0.25, -0.2) is 12.8 Å². The Morgan fingerprint density at radius 1 is 1.22 bits per heavy atom. The van der Waals surface area contributed by atoms with Gasteiger partial charge in [-0.05, 0) is 44.2 Å². The molecule has 1 saturated heterocycles. The van der Waals surface area contributed by atoms with E-state index >= 15 is 0 Å². The Balaban J connectivity index is 1.84. The van der Waals surface area contributed by atoms with E-state index in [1.165, 1.54) is 28.3 Å². The Bertz CT molecular complexity index is 1090. The van der Waals surface area contributed by atoms with Crippen LogP contribution < -0.4 is 10.6 Å². The summed E-state index contributed by atoms with van der Waals surface area (Å²) in [4.78, 5) is 1.53. The molecule has 0 aliphatic carbocycles. The standard InChI is InChI=1S/C19H23F4N3O4S2/c1-11-10-25(14-4-3-12(20)9-13(14)19(21,22)23)7-8-26(11)32(29,30)16-6-5-15(31-16)18(2,28)17(24)27/h3-6,9,11,17,27-28H,7-8,10,24H2,1-2H3. The fraction of sp³-hybridized carbons (Fsp3) is 0.474. The molecule has 13 heteroatoms.